The highest BCUT2D eigenvalue weighted by Gasteiger charge is 2.36. The highest BCUT2D eigenvalue weighted by Crippen LogP contribution is 2.42. The molecule has 0 radical (unpaired) electrons. The number of fused-ring (bicyclic) bond motifs is 1. The first-order valence-electron chi connectivity index (χ1n) is 14.6. The number of hydroxylamine groups is 2. The van der Waals surface area contributed by atoms with Gasteiger partial charge >= 0.3 is 5.97 Å². The number of aliphatic hydroxyl groups is 1. The van der Waals surface area contributed by atoms with E-state index in [0.717, 1.165) is 11.6 Å². The smallest absolute Gasteiger partial charge is 0.349 e. The van der Waals surface area contributed by atoms with Crippen LogP contribution in [-0.2, 0) is 27.4 Å². The second kappa shape index (κ2) is 12.3. The number of benzene rings is 2. The number of carbonyl (C=O) groups is 2. The molecular weight excluding hydrogens is 569 g/mol. The van der Waals surface area contributed by atoms with Crippen molar-refractivity contribution in [2.45, 2.75) is 50.4 Å². The number of halogens is 1. The molecule has 1 amide bonds. The minimum absolute atomic E-state index is 0.00457. The van der Waals surface area contributed by atoms with Gasteiger partial charge in [-0.2, -0.15) is 0 Å². The predicted molar refractivity (Wildman–Crippen MR) is 159 cm³/mol. The number of amides is 1. The van der Waals surface area contributed by atoms with E-state index in [1.165, 1.54) is 46.8 Å². The Bertz CT molecular complexity index is 1610. The van der Waals surface area contributed by atoms with Gasteiger partial charge in [-0.1, -0.05) is 18.7 Å². The number of aromatic nitrogens is 2. The molecule has 2 atom stereocenters. The zero-order valence-corrected chi connectivity index (χ0v) is 24.4. The maximum Gasteiger partial charge on any atom is 0.349 e. The summed E-state index contributed by atoms with van der Waals surface area (Å²) in [5.74, 6) is -0.876. The molecule has 0 unspecified atom stereocenters. The largest absolute Gasteiger partial charge is 0.486 e. The predicted octanol–water partition coefficient (Wildman–Crippen LogP) is 3.55. The van der Waals surface area contributed by atoms with E-state index in [9.17, 15) is 14.7 Å². The third-order valence-electron chi connectivity index (χ3n) is 8.44. The Morgan fingerprint density at radius 2 is 2.05 bits per heavy atom. The van der Waals surface area contributed by atoms with Gasteiger partial charge in [0, 0.05) is 36.4 Å². The van der Waals surface area contributed by atoms with Crippen molar-refractivity contribution in [3.63, 3.8) is 0 Å². The molecule has 6 rings (SSSR count). The molecule has 3 aromatic rings. The Morgan fingerprint density at radius 1 is 1.23 bits per heavy atom. The van der Waals surface area contributed by atoms with Gasteiger partial charge in [0.2, 0.25) is 0 Å². The zero-order chi connectivity index (χ0) is 31.0. The highest BCUT2D eigenvalue weighted by atomic mass is 19.1. The summed E-state index contributed by atoms with van der Waals surface area (Å²) in [5, 5.41) is 12.0. The SMILES string of the molecule is C=CC(=O)ON1C[C@H](OC)C[C@H]1COc1c(N)ncnc1-c1cc(F)cc(N2CCc3cc(C4CC4)ccc3C2=O)c1CO. The first-order valence-corrected chi connectivity index (χ1v) is 14.6. The molecule has 1 saturated heterocycles. The van der Waals surface area contributed by atoms with E-state index in [0.29, 0.717) is 43.0 Å². The molecule has 3 N–H and O–H groups in total. The van der Waals surface area contributed by atoms with Crippen LogP contribution < -0.4 is 15.4 Å². The second-order valence-corrected chi connectivity index (χ2v) is 11.2. The van der Waals surface area contributed by atoms with Gasteiger partial charge in [0.15, 0.2) is 11.6 Å². The number of ether oxygens (including phenoxy) is 2. The van der Waals surface area contributed by atoms with Crippen LogP contribution in [0.15, 0.2) is 49.3 Å². The van der Waals surface area contributed by atoms with E-state index in [-0.39, 0.29) is 47.1 Å². The molecule has 3 aliphatic rings. The van der Waals surface area contributed by atoms with Crippen LogP contribution in [0.2, 0.25) is 0 Å². The standard InChI is InChI=1S/C32H34FN5O6/c1-3-28(40)44-38-14-23(42-2)13-22(38)16-43-30-29(35-17-36-31(30)34)25-11-21(33)12-27(26(25)15-39)37-9-8-20-10-19(18-4-5-18)6-7-24(20)32(37)41/h3,6-7,10-12,17-18,22-23,39H,1,4-5,8-9,13-16H2,2H3,(H2,34,35,36)/t22-,23+/m0/s1. The first-order chi connectivity index (χ1) is 21.3. The summed E-state index contributed by atoms with van der Waals surface area (Å²) < 4.78 is 26.9. The molecule has 0 bridgehead atoms. The Hall–Kier alpha value is -4.39. The molecule has 2 fully saturated rings. The number of hydrogen-bond donors (Lipinski definition) is 2. The summed E-state index contributed by atoms with van der Waals surface area (Å²) in [5.41, 5.74) is 9.92. The van der Waals surface area contributed by atoms with E-state index in [2.05, 4.69) is 22.6 Å². The van der Waals surface area contributed by atoms with Crippen molar-refractivity contribution in [2.24, 2.45) is 0 Å². The molecule has 0 spiro atoms. The number of nitrogens with zero attached hydrogens (tertiary/aromatic N) is 4. The molecule has 12 heteroatoms. The van der Waals surface area contributed by atoms with Crippen molar-refractivity contribution in [1.82, 2.24) is 15.0 Å². The lowest BCUT2D eigenvalue weighted by Crippen LogP contribution is -2.38. The van der Waals surface area contributed by atoms with Crippen LogP contribution in [0, 0.1) is 5.82 Å². The van der Waals surface area contributed by atoms with Crippen molar-refractivity contribution in [3.8, 4) is 17.0 Å². The van der Waals surface area contributed by atoms with Crippen molar-refractivity contribution in [1.29, 1.82) is 0 Å². The number of aliphatic hydroxyl groups excluding tert-OH is 1. The third-order valence-corrected chi connectivity index (χ3v) is 8.44. The lowest BCUT2D eigenvalue weighted by Gasteiger charge is -2.31. The molecule has 1 aliphatic carbocycles. The van der Waals surface area contributed by atoms with Gasteiger partial charge in [-0.25, -0.2) is 19.2 Å². The average Bonchev–Trinajstić information content (AvgIpc) is 3.81. The summed E-state index contributed by atoms with van der Waals surface area (Å²) in [4.78, 5) is 40.8. The van der Waals surface area contributed by atoms with Crippen molar-refractivity contribution in [3.05, 3.63) is 77.4 Å². The Morgan fingerprint density at radius 3 is 2.77 bits per heavy atom. The molecule has 44 heavy (non-hydrogen) atoms. The summed E-state index contributed by atoms with van der Waals surface area (Å²) in [7, 11) is 1.57. The fraction of sp³-hybridized carbons (Fsp3) is 0.375. The van der Waals surface area contributed by atoms with Gasteiger partial charge < -0.3 is 30.1 Å². The highest BCUT2D eigenvalue weighted by molar-refractivity contribution is 6.09. The Labute approximate surface area is 254 Å². The van der Waals surface area contributed by atoms with Crippen molar-refractivity contribution >= 4 is 23.4 Å². The molecule has 3 heterocycles. The molecule has 1 saturated carbocycles. The van der Waals surface area contributed by atoms with E-state index < -0.39 is 24.4 Å². The summed E-state index contributed by atoms with van der Waals surface area (Å²) in [6, 6.07) is 8.02. The summed E-state index contributed by atoms with van der Waals surface area (Å²) in [6.45, 7) is 3.60. The second-order valence-electron chi connectivity index (χ2n) is 11.2. The molecule has 1 aromatic heterocycles. The van der Waals surface area contributed by atoms with Crippen LogP contribution in [0.1, 0.15) is 52.2 Å². The maximum absolute atomic E-state index is 15.3. The van der Waals surface area contributed by atoms with E-state index >= 15 is 4.39 Å². The number of anilines is 2. The molecule has 2 aromatic carbocycles. The molecule has 230 valence electrons. The van der Waals surface area contributed by atoms with Crippen molar-refractivity contribution in [2.75, 3.05) is 37.4 Å². The Kier molecular flexibility index (Phi) is 8.30. The van der Waals surface area contributed by atoms with Gasteiger partial charge in [0.05, 0.1) is 31.0 Å². The number of methoxy groups -OCH3 is 1. The summed E-state index contributed by atoms with van der Waals surface area (Å²) in [6.07, 6.45) is 5.51. The lowest BCUT2D eigenvalue weighted by molar-refractivity contribution is -0.191. The van der Waals surface area contributed by atoms with E-state index in [4.69, 9.17) is 20.0 Å². The first kappa shape index (κ1) is 29.7. The number of hydrogen-bond acceptors (Lipinski definition) is 10. The van der Waals surface area contributed by atoms with Gasteiger partial charge in [0.25, 0.3) is 5.91 Å². The topological polar surface area (TPSA) is 140 Å². The van der Waals surface area contributed by atoms with Gasteiger partial charge in [-0.15, -0.1) is 5.06 Å². The monoisotopic (exact) mass is 603 g/mol. The van der Waals surface area contributed by atoms with Gasteiger partial charge in [0.1, 0.15) is 24.4 Å². The number of rotatable bonds is 10. The maximum atomic E-state index is 15.3. The number of carbonyl (C=O) groups excluding carboxylic acids is 2. The molecule has 2 aliphatic heterocycles. The van der Waals surface area contributed by atoms with Crippen LogP contribution in [0.3, 0.4) is 0 Å². The number of nitrogens with two attached hydrogens (primary N) is 1. The molecule has 11 nitrogen and oxygen atoms in total. The van der Waals surface area contributed by atoms with Crippen LogP contribution in [0.25, 0.3) is 11.3 Å². The van der Waals surface area contributed by atoms with Crippen LogP contribution in [-0.4, -0.2) is 71.0 Å². The lowest BCUT2D eigenvalue weighted by atomic mass is 9.93. The normalized spacial score (nSPS) is 20.0. The third kappa shape index (κ3) is 5.75. The fourth-order valence-corrected chi connectivity index (χ4v) is 5.98. The van der Waals surface area contributed by atoms with Crippen LogP contribution >= 0.6 is 0 Å². The van der Waals surface area contributed by atoms with Crippen molar-refractivity contribution < 1.29 is 33.4 Å². The average molecular weight is 604 g/mol. The van der Waals surface area contributed by atoms with Crippen LogP contribution in [0.4, 0.5) is 15.9 Å². The molecular formula is C32H34FN5O6. The minimum Gasteiger partial charge on any atom is -0.486 e. The Balaban J connectivity index is 1.31. The summed E-state index contributed by atoms with van der Waals surface area (Å²) >= 11 is 0. The van der Waals surface area contributed by atoms with E-state index in [1.54, 1.807) is 7.11 Å². The van der Waals surface area contributed by atoms with Gasteiger partial charge in [-0.3, -0.25) is 4.79 Å². The van der Waals surface area contributed by atoms with Gasteiger partial charge in [-0.05, 0) is 60.9 Å². The number of nitrogen functional groups attached to an aromatic ring is 1. The quantitative estimate of drug-likeness (QED) is 0.331. The fourth-order valence-electron chi connectivity index (χ4n) is 5.98. The minimum atomic E-state index is -0.626. The zero-order valence-electron chi connectivity index (χ0n) is 24.4. The van der Waals surface area contributed by atoms with E-state index in [1.807, 2.05) is 12.1 Å². The van der Waals surface area contributed by atoms with Crippen LogP contribution in [0.5, 0.6) is 5.75 Å².